The molecule has 1 unspecified atom stereocenters. The second-order valence-electron chi connectivity index (χ2n) is 8.32. The lowest BCUT2D eigenvalue weighted by atomic mass is 10.1. The van der Waals surface area contributed by atoms with Gasteiger partial charge in [0.05, 0.1) is 16.0 Å². The Morgan fingerprint density at radius 1 is 1.00 bits per heavy atom. The predicted molar refractivity (Wildman–Crippen MR) is 125 cm³/mol. The van der Waals surface area contributed by atoms with Crippen molar-refractivity contribution in [1.82, 2.24) is 14.7 Å². The summed E-state index contributed by atoms with van der Waals surface area (Å²) >= 11 is 11.9. The standard InChI is InChI=1S/C23H29Cl2N3O4/c24-19-6-4-17(14-20(19)25)5-7-21(29)27-11-8-22(30)28(13-12-27)16-18(23(31)32)15-26-9-2-1-3-10-26/h4-7,14,18H,1-3,8-13,15-16H2,(H,31,32)/b7-5+. The van der Waals surface area contributed by atoms with E-state index < -0.39 is 11.9 Å². The number of benzene rings is 1. The number of hydrogen-bond donors (Lipinski definition) is 1. The van der Waals surface area contributed by atoms with Crippen LogP contribution < -0.4 is 0 Å². The highest BCUT2D eigenvalue weighted by Gasteiger charge is 2.29. The molecule has 0 bridgehead atoms. The summed E-state index contributed by atoms with van der Waals surface area (Å²) in [7, 11) is 0. The third-order valence-electron chi connectivity index (χ3n) is 5.98. The summed E-state index contributed by atoms with van der Waals surface area (Å²) in [6.07, 6.45) is 6.65. The van der Waals surface area contributed by atoms with Gasteiger partial charge in [0.25, 0.3) is 0 Å². The van der Waals surface area contributed by atoms with Crippen LogP contribution in [0.4, 0.5) is 0 Å². The summed E-state index contributed by atoms with van der Waals surface area (Å²) in [5.41, 5.74) is 0.752. The van der Waals surface area contributed by atoms with Gasteiger partial charge in [-0.25, -0.2) is 0 Å². The zero-order valence-corrected chi connectivity index (χ0v) is 19.5. The number of carbonyl (C=O) groups excluding carboxylic acids is 2. The fourth-order valence-corrected chi connectivity index (χ4v) is 4.41. The number of aliphatic carboxylic acids is 1. The summed E-state index contributed by atoms with van der Waals surface area (Å²) < 4.78 is 0. The summed E-state index contributed by atoms with van der Waals surface area (Å²) in [6, 6.07) is 5.11. The molecule has 3 rings (SSSR count). The molecule has 174 valence electrons. The Morgan fingerprint density at radius 3 is 2.44 bits per heavy atom. The van der Waals surface area contributed by atoms with Crippen molar-refractivity contribution in [2.75, 3.05) is 45.8 Å². The van der Waals surface area contributed by atoms with Crippen molar-refractivity contribution >= 4 is 47.1 Å². The van der Waals surface area contributed by atoms with Crippen LogP contribution in [0.3, 0.4) is 0 Å². The van der Waals surface area contributed by atoms with Gasteiger partial charge in [-0.3, -0.25) is 14.4 Å². The maximum absolute atomic E-state index is 12.6. The highest BCUT2D eigenvalue weighted by Crippen LogP contribution is 2.23. The molecule has 0 saturated carbocycles. The van der Waals surface area contributed by atoms with Crippen LogP contribution in [0.5, 0.6) is 0 Å². The Kier molecular flexibility index (Phi) is 8.96. The molecule has 2 fully saturated rings. The van der Waals surface area contributed by atoms with Crippen molar-refractivity contribution in [3.05, 3.63) is 39.9 Å². The summed E-state index contributed by atoms with van der Waals surface area (Å²) in [6.45, 7) is 3.45. The monoisotopic (exact) mass is 481 g/mol. The maximum Gasteiger partial charge on any atom is 0.309 e. The van der Waals surface area contributed by atoms with E-state index in [-0.39, 0.29) is 24.8 Å². The zero-order valence-electron chi connectivity index (χ0n) is 18.0. The first-order chi connectivity index (χ1) is 15.3. The van der Waals surface area contributed by atoms with E-state index >= 15 is 0 Å². The number of likely N-dealkylation sites (tertiary alicyclic amines) is 1. The highest BCUT2D eigenvalue weighted by atomic mass is 35.5. The molecular weight excluding hydrogens is 453 g/mol. The van der Waals surface area contributed by atoms with Crippen LogP contribution in [-0.4, -0.2) is 83.4 Å². The lowest BCUT2D eigenvalue weighted by molar-refractivity contribution is -0.144. The van der Waals surface area contributed by atoms with Crippen LogP contribution in [-0.2, 0) is 14.4 Å². The molecule has 1 atom stereocenters. The first-order valence-electron chi connectivity index (χ1n) is 11.0. The Labute approximate surface area is 198 Å². The first-order valence-corrected chi connectivity index (χ1v) is 11.7. The number of piperidine rings is 1. The fraction of sp³-hybridized carbons (Fsp3) is 0.522. The molecular formula is C23H29Cl2N3O4. The molecule has 0 aromatic heterocycles. The van der Waals surface area contributed by atoms with Gasteiger partial charge < -0.3 is 19.8 Å². The van der Waals surface area contributed by atoms with Crippen molar-refractivity contribution in [2.24, 2.45) is 5.92 Å². The van der Waals surface area contributed by atoms with Crippen LogP contribution in [0, 0.1) is 5.92 Å². The lowest BCUT2D eigenvalue weighted by Gasteiger charge is -2.31. The third kappa shape index (κ3) is 6.95. The minimum atomic E-state index is -0.884. The smallest absolute Gasteiger partial charge is 0.309 e. The lowest BCUT2D eigenvalue weighted by Crippen LogP contribution is -2.44. The van der Waals surface area contributed by atoms with Crippen molar-refractivity contribution in [3.8, 4) is 0 Å². The van der Waals surface area contributed by atoms with Crippen molar-refractivity contribution in [2.45, 2.75) is 25.7 Å². The summed E-state index contributed by atoms with van der Waals surface area (Å²) in [5.74, 6) is -1.83. The number of carboxylic acids is 1. The molecule has 0 spiro atoms. The van der Waals surface area contributed by atoms with Gasteiger partial charge in [-0.2, -0.15) is 0 Å². The summed E-state index contributed by atoms with van der Waals surface area (Å²) in [4.78, 5) is 42.5. The SMILES string of the molecule is O=C(O)C(CN1CCCCC1)CN1CCN(C(=O)/C=C/c2ccc(Cl)c(Cl)c2)CCC1=O. The largest absolute Gasteiger partial charge is 0.481 e. The molecule has 1 aromatic carbocycles. The van der Waals surface area contributed by atoms with Gasteiger partial charge >= 0.3 is 5.97 Å². The quantitative estimate of drug-likeness (QED) is 0.604. The second kappa shape index (κ2) is 11.7. The molecule has 32 heavy (non-hydrogen) atoms. The van der Waals surface area contributed by atoms with E-state index in [2.05, 4.69) is 4.90 Å². The first kappa shape index (κ1) is 24.6. The number of carbonyl (C=O) groups is 3. The molecule has 2 saturated heterocycles. The van der Waals surface area contributed by atoms with Gasteiger partial charge in [-0.05, 0) is 49.7 Å². The van der Waals surface area contributed by atoms with E-state index in [1.165, 1.54) is 12.5 Å². The average Bonchev–Trinajstić information content (AvgIpc) is 2.96. The summed E-state index contributed by atoms with van der Waals surface area (Å²) in [5, 5.41) is 10.5. The number of hydrogen-bond acceptors (Lipinski definition) is 4. The molecule has 0 aliphatic carbocycles. The van der Waals surface area contributed by atoms with Crippen molar-refractivity contribution in [3.63, 3.8) is 0 Å². The molecule has 9 heteroatoms. The van der Waals surface area contributed by atoms with Gasteiger partial charge in [0.1, 0.15) is 0 Å². The number of halogens is 2. The predicted octanol–water partition coefficient (Wildman–Crippen LogP) is 3.25. The fourth-order valence-electron chi connectivity index (χ4n) is 4.10. The topological polar surface area (TPSA) is 81.2 Å². The normalized spacial score (nSPS) is 19.2. The Balaban J connectivity index is 1.57. The van der Waals surface area contributed by atoms with Gasteiger partial charge in [0.15, 0.2) is 0 Å². The van der Waals surface area contributed by atoms with E-state index in [4.69, 9.17) is 23.2 Å². The Bertz CT molecular complexity index is 871. The molecule has 2 amide bonds. The van der Waals surface area contributed by atoms with Crippen LogP contribution in [0.2, 0.25) is 10.0 Å². The Hall–Kier alpha value is -2.09. The van der Waals surface area contributed by atoms with E-state index in [1.54, 1.807) is 34.1 Å². The Morgan fingerprint density at radius 2 is 1.75 bits per heavy atom. The van der Waals surface area contributed by atoms with Crippen molar-refractivity contribution in [1.29, 1.82) is 0 Å². The molecule has 2 aliphatic heterocycles. The van der Waals surface area contributed by atoms with Gasteiger partial charge in [-0.15, -0.1) is 0 Å². The minimum absolute atomic E-state index is 0.112. The van der Waals surface area contributed by atoms with Gasteiger partial charge in [0.2, 0.25) is 11.8 Å². The van der Waals surface area contributed by atoms with E-state index in [1.807, 2.05) is 0 Å². The minimum Gasteiger partial charge on any atom is -0.481 e. The number of carboxylic acid groups (broad SMARTS) is 1. The number of nitrogens with zero attached hydrogens (tertiary/aromatic N) is 3. The highest BCUT2D eigenvalue weighted by molar-refractivity contribution is 6.42. The second-order valence-corrected chi connectivity index (χ2v) is 9.13. The molecule has 2 aliphatic rings. The van der Waals surface area contributed by atoms with E-state index in [0.717, 1.165) is 31.5 Å². The van der Waals surface area contributed by atoms with E-state index in [0.29, 0.717) is 36.2 Å². The molecule has 0 radical (unpaired) electrons. The van der Waals surface area contributed by atoms with Crippen LogP contribution >= 0.6 is 23.2 Å². The molecule has 7 nitrogen and oxygen atoms in total. The average molecular weight is 482 g/mol. The van der Waals surface area contributed by atoms with Gasteiger partial charge in [0, 0.05) is 45.2 Å². The molecule has 1 N–H and O–H groups in total. The van der Waals surface area contributed by atoms with E-state index in [9.17, 15) is 19.5 Å². The molecule has 2 heterocycles. The number of amides is 2. The molecule has 1 aromatic rings. The van der Waals surface area contributed by atoms with Crippen LogP contribution in [0.1, 0.15) is 31.2 Å². The van der Waals surface area contributed by atoms with Crippen LogP contribution in [0.15, 0.2) is 24.3 Å². The van der Waals surface area contributed by atoms with Crippen molar-refractivity contribution < 1.29 is 19.5 Å². The maximum atomic E-state index is 12.6. The zero-order chi connectivity index (χ0) is 23.1. The number of rotatable bonds is 7. The van der Waals surface area contributed by atoms with Gasteiger partial charge in [-0.1, -0.05) is 35.7 Å². The third-order valence-corrected chi connectivity index (χ3v) is 6.72. The van der Waals surface area contributed by atoms with Crippen LogP contribution in [0.25, 0.3) is 6.08 Å².